The molecule has 12 nitrogen and oxygen atoms in total. The molecule has 8 N–H and O–H groups in total. The fraction of sp³-hybridized carbons (Fsp3) is 0.542. The summed E-state index contributed by atoms with van der Waals surface area (Å²) >= 11 is 1.52. The molecule has 0 bridgehead atoms. The van der Waals surface area contributed by atoms with Crippen LogP contribution in [0.1, 0.15) is 38.7 Å². The van der Waals surface area contributed by atoms with E-state index in [0.717, 1.165) is 0 Å². The average Bonchev–Trinajstić information content (AvgIpc) is 2.81. The number of benzene rings is 1. The molecule has 4 unspecified atom stereocenters. The highest BCUT2D eigenvalue weighted by atomic mass is 32.2. The van der Waals surface area contributed by atoms with E-state index in [-0.39, 0.29) is 24.5 Å². The molecule has 0 spiro atoms. The highest BCUT2D eigenvalue weighted by molar-refractivity contribution is 7.98. The van der Waals surface area contributed by atoms with E-state index in [1.165, 1.54) is 23.9 Å². The Kier molecular flexibility index (Phi) is 13.5. The Hall–Kier alpha value is -3.32. The summed E-state index contributed by atoms with van der Waals surface area (Å²) in [6.45, 7) is 3.58. The van der Waals surface area contributed by atoms with Crippen molar-refractivity contribution < 1.29 is 39.3 Å². The van der Waals surface area contributed by atoms with Gasteiger partial charge in [0.05, 0.1) is 12.5 Å². The summed E-state index contributed by atoms with van der Waals surface area (Å²) in [5.74, 6) is -4.48. The molecule has 1 rings (SSSR count). The van der Waals surface area contributed by atoms with Crippen molar-refractivity contribution in [2.75, 3.05) is 12.0 Å². The molecule has 0 aromatic heterocycles. The second-order valence-corrected chi connectivity index (χ2v) is 9.99. The van der Waals surface area contributed by atoms with Crippen molar-refractivity contribution in [3.63, 3.8) is 0 Å². The lowest BCUT2D eigenvalue weighted by Gasteiger charge is -2.26. The number of carboxylic acids is 2. The number of aromatic hydroxyl groups is 1. The van der Waals surface area contributed by atoms with Crippen LogP contribution in [0, 0.1) is 5.92 Å². The number of carbonyl (C=O) groups is 5. The first-order valence-electron chi connectivity index (χ1n) is 11.7. The number of hydrogen-bond donors (Lipinski definition) is 7. The summed E-state index contributed by atoms with van der Waals surface area (Å²) in [5.41, 5.74) is 6.56. The number of nitrogens with two attached hydrogens (primary N) is 1. The van der Waals surface area contributed by atoms with Gasteiger partial charge in [-0.05, 0) is 48.5 Å². The van der Waals surface area contributed by atoms with Crippen LogP contribution in [0.15, 0.2) is 24.3 Å². The monoisotopic (exact) mass is 540 g/mol. The summed E-state index contributed by atoms with van der Waals surface area (Å²) in [5, 5.41) is 35.1. The zero-order valence-corrected chi connectivity index (χ0v) is 21.9. The zero-order valence-electron chi connectivity index (χ0n) is 21.1. The Morgan fingerprint density at radius 1 is 0.892 bits per heavy atom. The van der Waals surface area contributed by atoms with Gasteiger partial charge in [-0.1, -0.05) is 26.0 Å². The largest absolute Gasteiger partial charge is 0.508 e. The highest BCUT2D eigenvalue weighted by Gasteiger charge is 2.31. The summed E-state index contributed by atoms with van der Waals surface area (Å²) in [4.78, 5) is 61.2. The van der Waals surface area contributed by atoms with Crippen molar-refractivity contribution in [2.45, 2.75) is 63.7 Å². The lowest BCUT2D eigenvalue weighted by Crippen LogP contribution is -2.58. The van der Waals surface area contributed by atoms with Crippen LogP contribution in [-0.4, -0.2) is 81.2 Å². The normalized spacial score (nSPS) is 14.2. The second kappa shape index (κ2) is 15.7. The predicted molar refractivity (Wildman–Crippen MR) is 138 cm³/mol. The molecule has 3 amide bonds. The minimum atomic E-state index is -1.68. The number of phenols is 1. The fourth-order valence-corrected chi connectivity index (χ4v) is 3.84. The maximum atomic E-state index is 13.3. The van der Waals surface area contributed by atoms with Crippen molar-refractivity contribution in [1.29, 1.82) is 0 Å². The van der Waals surface area contributed by atoms with E-state index in [2.05, 4.69) is 16.0 Å². The van der Waals surface area contributed by atoms with Crippen molar-refractivity contribution in [3.05, 3.63) is 29.8 Å². The fourth-order valence-electron chi connectivity index (χ4n) is 3.35. The summed E-state index contributed by atoms with van der Waals surface area (Å²) in [6.07, 6.45) is 1.58. The third-order valence-electron chi connectivity index (χ3n) is 5.31. The van der Waals surface area contributed by atoms with E-state index in [4.69, 9.17) is 10.8 Å². The molecular formula is C24H36N4O8S. The standard InChI is InChI=1S/C24H36N4O8S/c1-13(2)10-17(22(33)28-19(24(35)36)12-20(30)31)27-23(34)18(11-14-4-6-15(29)7-5-14)26-21(32)16(25)8-9-37-3/h4-7,13,16-19,29H,8-12,25H2,1-3H3,(H,26,32)(H,27,34)(H,28,33)(H,30,31)(H,35,36). The molecule has 37 heavy (non-hydrogen) atoms. The van der Waals surface area contributed by atoms with Crippen LogP contribution in [0.5, 0.6) is 5.75 Å². The molecule has 1 aromatic carbocycles. The first-order chi connectivity index (χ1) is 17.3. The maximum absolute atomic E-state index is 13.3. The van der Waals surface area contributed by atoms with Gasteiger partial charge in [0, 0.05) is 6.42 Å². The van der Waals surface area contributed by atoms with Gasteiger partial charge < -0.3 is 37.0 Å². The number of carbonyl (C=O) groups excluding carboxylic acids is 3. The van der Waals surface area contributed by atoms with E-state index in [1.807, 2.05) is 6.26 Å². The number of aliphatic carboxylic acids is 2. The predicted octanol–water partition coefficient (Wildman–Crippen LogP) is 0.0749. The molecule has 0 aliphatic carbocycles. The molecular weight excluding hydrogens is 504 g/mol. The molecule has 0 heterocycles. The second-order valence-electron chi connectivity index (χ2n) is 9.01. The minimum Gasteiger partial charge on any atom is -0.508 e. The van der Waals surface area contributed by atoms with Crippen LogP contribution in [0.3, 0.4) is 0 Å². The van der Waals surface area contributed by atoms with Gasteiger partial charge in [0.25, 0.3) is 0 Å². The van der Waals surface area contributed by atoms with E-state index >= 15 is 0 Å². The maximum Gasteiger partial charge on any atom is 0.326 e. The van der Waals surface area contributed by atoms with Gasteiger partial charge in [0.1, 0.15) is 23.9 Å². The van der Waals surface area contributed by atoms with E-state index < -0.39 is 60.2 Å². The Labute approximate surface area is 219 Å². The number of carboxylic acid groups (broad SMARTS) is 2. The van der Waals surface area contributed by atoms with Gasteiger partial charge in [-0.15, -0.1) is 0 Å². The van der Waals surface area contributed by atoms with Gasteiger partial charge in [-0.3, -0.25) is 19.2 Å². The van der Waals surface area contributed by atoms with E-state index in [0.29, 0.717) is 17.7 Å². The van der Waals surface area contributed by atoms with Crippen LogP contribution >= 0.6 is 11.8 Å². The summed E-state index contributed by atoms with van der Waals surface area (Å²) in [6, 6.07) is 1.17. The van der Waals surface area contributed by atoms with Crippen LogP contribution in [0.25, 0.3) is 0 Å². The van der Waals surface area contributed by atoms with Crippen LogP contribution in [0.4, 0.5) is 0 Å². The van der Waals surface area contributed by atoms with Crippen LogP contribution in [-0.2, 0) is 30.4 Å². The zero-order chi connectivity index (χ0) is 28.1. The summed E-state index contributed by atoms with van der Waals surface area (Å²) < 4.78 is 0. The molecule has 0 fully saturated rings. The van der Waals surface area contributed by atoms with Crippen molar-refractivity contribution in [3.8, 4) is 5.75 Å². The lowest BCUT2D eigenvalue weighted by molar-refractivity contribution is -0.147. The Morgan fingerprint density at radius 3 is 1.95 bits per heavy atom. The number of phenolic OH excluding ortho intramolecular Hbond substituents is 1. The third kappa shape index (κ3) is 12.0. The molecule has 1 aromatic rings. The van der Waals surface area contributed by atoms with E-state index in [1.54, 1.807) is 26.0 Å². The van der Waals surface area contributed by atoms with Gasteiger partial charge in [-0.25, -0.2) is 4.79 Å². The molecule has 4 atom stereocenters. The Morgan fingerprint density at radius 2 is 1.43 bits per heavy atom. The van der Waals surface area contributed by atoms with Crippen molar-refractivity contribution >= 4 is 41.4 Å². The van der Waals surface area contributed by atoms with Gasteiger partial charge in [0.2, 0.25) is 17.7 Å². The Bertz CT molecular complexity index is 941. The van der Waals surface area contributed by atoms with E-state index in [9.17, 15) is 34.2 Å². The van der Waals surface area contributed by atoms with Gasteiger partial charge in [0.15, 0.2) is 0 Å². The summed E-state index contributed by atoms with van der Waals surface area (Å²) in [7, 11) is 0. The molecule has 0 radical (unpaired) electrons. The smallest absolute Gasteiger partial charge is 0.326 e. The molecule has 0 saturated carbocycles. The SMILES string of the molecule is CSCCC(N)C(=O)NC(Cc1ccc(O)cc1)C(=O)NC(CC(C)C)C(=O)NC(CC(=O)O)C(=O)O. The van der Waals surface area contributed by atoms with Crippen molar-refractivity contribution in [2.24, 2.45) is 11.7 Å². The highest BCUT2D eigenvalue weighted by Crippen LogP contribution is 2.13. The number of amides is 3. The number of thioether (sulfide) groups is 1. The molecule has 13 heteroatoms. The first-order valence-corrected chi connectivity index (χ1v) is 13.1. The third-order valence-corrected chi connectivity index (χ3v) is 5.96. The average molecular weight is 541 g/mol. The topological polar surface area (TPSA) is 208 Å². The van der Waals surface area contributed by atoms with Crippen molar-refractivity contribution in [1.82, 2.24) is 16.0 Å². The number of hydrogen-bond acceptors (Lipinski definition) is 8. The molecule has 0 aliphatic rings. The quantitative estimate of drug-likeness (QED) is 0.150. The number of rotatable bonds is 16. The molecule has 0 aliphatic heterocycles. The van der Waals surface area contributed by atoms with Gasteiger partial charge in [-0.2, -0.15) is 11.8 Å². The van der Waals surface area contributed by atoms with Crippen LogP contribution in [0.2, 0.25) is 0 Å². The Balaban J connectivity index is 3.12. The van der Waals surface area contributed by atoms with Gasteiger partial charge >= 0.3 is 11.9 Å². The minimum absolute atomic E-state index is 0.0240. The first kappa shape index (κ1) is 31.7. The lowest BCUT2D eigenvalue weighted by atomic mass is 10.00. The number of nitrogens with one attached hydrogen (secondary N) is 3. The molecule has 206 valence electrons. The molecule has 0 saturated heterocycles. The van der Waals surface area contributed by atoms with Crippen LogP contribution < -0.4 is 21.7 Å².